The van der Waals surface area contributed by atoms with E-state index < -0.39 is 5.60 Å². The van der Waals surface area contributed by atoms with E-state index in [-0.39, 0.29) is 12.2 Å². The predicted molar refractivity (Wildman–Crippen MR) is 249 cm³/mol. The molecule has 3 aromatic rings. The molecule has 3 N–H and O–H groups in total. The van der Waals surface area contributed by atoms with E-state index in [0.29, 0.717) is 0 Å². The summed E-state index contributed by atoms with van der Waals surface area (Å²) in [5, 5.41) is 30.2. The van der Waals surface area contributed by atoms with Gasteiger partial charge in [-0.2, -0.15) is 0 Å². The number of aliphatic hydroxyl groups excluding tert-OH is 2. The van der Waals surface area contributed by atoms with Crippen molar-refractivity contribution in [1.29, 1.82) is 0 Å². The van der Waals surface area contributed by atoms with Gasteiger partial charge < -0.3 is 15.3 Å². The van der Waals surface area contributed by atoms with Gasteiger partial charge in [0.2, 0.25) is 0 Å². The molecule has 6 rings (SSSR count). The van der Waals surface area contributed by atoms with Crippen molar-refractivity contribution in [2.75, 3.05) is 0 Å². The van der Waals surface area contributed by atoms with Gasteiger partial charge in [0.25, 0.3) is 0 Å². The number of aryl methyl sites for hydroxylation is 4. The van der Waals surface area contributed by atoms with Crippen molar-refractivity contribution in [2.45, 2.75) is 225 Å². The zero-order valence-corrected chi connectivity index (χ0v) is 37.6. The fourth-order valence-corrected chi connectivity index (χ4v) is 9.75. The van der Waals surface area contributed by atoms with E-state index in [9.17, 15) is 15.3 Å². The van der Waals surface area contributed by atoms with Crippen molar-refractivity contribution in [1.82, 2.24) is 0 Å². The maximum atomic E-state index is 10.4. The molecule has 3 aliphatic rings. The maximum Gasteiger partial charge on any atom is 0.0790 e. The monoisotopic (exact) mass is 795 g/mol. The zero-order valence-electron chi connectivity index (χ0n) is 37.6. The van der Waals surface area contributed by atoms with E-state index in [1.165, 1.54) is 152 Å². The Kier molecular flexibility index (Phi) is 23.4. The molecule has 0 amide bonds. The highest BCUT2D eigenvalue weighted by atomic mass is 16.3. The van der Waals surface area contributed by atoms with Crippen LogP contribution in [0.3, 0.4) is 0 Å². The van der Waals surface area contributed by atoms with Gasteiger partial charge in [0.05, 0.1) is 17.8 Å². The molecule has 3 nitrogen and oxygen atoms in total. The molecule has 3 fully saturated rings. The van der Waals surface area contributed by atoms with Gasteiger partial charge in [0.15, 0.2) is 0 Å². The number of benzene rings is 3. The van der Waals surface area contributed by atoms with Crippen LogP contribution in [0.4, 0.5) is 0 Å². The highest BCUT2D eigenvalue weighted by Gasteiger charge is 2.30. The van der Waals surface area contributed by atoms with Crippen LogP contribution >= 0.6 is 0 Å². The van der Waals surface area contributed by atoms with E-state index in [1.807, 2.05) is 6.92 Å². The first-order valence-corrected chi connectivity index (χ1v) is 24.6. The lowest BCUT2D eigenvalue weighted by atomic mass is 9.92. The Morgan fingerprint density at radius 1 is 0.552 bits per heavy atom. The van der Waals surface area contributed by atoms with Crippen LogP contribution in [0.15, 0.2) is 72.8 Å². The van der Waals surface area contributed by atoms with Crippen LogP contribution in [0.25, 0.3) is 0 Å². The van der Waals surface area contributed by atoms with Crippen molar-refractivity contribution >= 4 is 0 Å². The van der Waals surface area contributed by atoms with E-state index in [4.69, 9.17) is 0 Å². The fourth-order valence-electron chi connectivity index (χ4n) is 9.75. The Balaban J connectivity index is 0.000000193. The maximum absolute atomic E-state index is 10.4. The smallest absolute Gasteiger partial charge is 0.0790 e. The Labute approximate surface area is 356 Å². The van der Waals surface area contributed by atoms with E-state index in [1.54, 1.807) is 11.1 Å². The van der Waals surface area contributed by atoms with Gasteiger partial charge in [-0.15, -0.1) is 0 Å². The second kappa shape index (κ2) is 28.1. The van der Waals surface area contributed by atoms with Crippen LogP contribution in [-0.4, -0.2) is 27.0 Å². The Bertz CT molecular complexity index is 1470. The third-order valence-electron chi connectivity index (χ3n) is 13.7. The zero-order chi connectivity index (χ0) is 41.3. The van der Waals surface area contributed by atoms with Crippen LogP contribution in [0.5, 0.6) is 0 Å². The number of hydrogen-bond acceptors (Lipinski definition) is 3. The van der Waals surface area contributed by atoms with E-state index in [2.05, 4.69) is 86.6 Å². The molecule has 0 spiro atoms. The van der Waals surface area contributed by atoms with Gasteiger partial charge in [-0.1, -0.05) is 196 Å². The average Bonchev–Trinajstić information content (AvgIpc) is 3.40. The number of aliphatic hydroxyl groups is 3. The van der Waals surface area contributed by atoms with Crippen molar-refractivity contribution in [3.8, 4) is 0 Å². The van der Waals surface area contributed by atoms with Crippen molar-refractivity contribution < 1.29 is 15.3 Å². The van der Waals surface area contributed by atoms with Crippen LogP contribution < -0.4 is 0 Å². The molecule has 3 aromatic carbocycles. The fraction of sp³-hybridized carbons (Fsp3) is 0.673. The lowest BCUT2D eigenvalue weighted by Gasteiger charge is -2.22. The highest BCUT2D eigenvalue weighted by molar-refractivity contribution is 5.26. The molecule has 2 atom stereocenters. The average molecular weight is 795 g/mol. The summed E-state index contributed by atoms with van der Waals surface area (Å²) in [7, 11) is 0. The van der Waals surface area contributed by atoms with Crippen LogP contribution in [0.1, 0.15) is 214 Å². The lowest BCUT2D eigenvalue weighted by molar-refractivity contribution is 0.0391. The normalized spacial score (nSPS) is 18.5. The molecule has 324 valence electrons. The number of rotatable bonds is 18. The van der Waals surface area contributed by atoms with E-state index >= 15 is 0 Å². The Hall–Kier alpha value is -2.46. The number of unbranched alkanes of at least 4 members (excludes halogenated alkanes) is 1. The van der Waals surface area contributed by atoms with Gasteiger partial charge in [-0.05, 0) is 129 Å². The SMILES string of the molecule is CCC(O)Cc1cccc(CCC2(O)CCCC2)c1.CCCC(O)c1cccc(CCC2CCCCCC2)c1.CCCCc1cccc(CCC2CCCCCC2)c1. The molecule has 3 heteroatoms. The topological polar surface area (TPSA) is 60.7 Å². The minimum absolute atomic E-state index is 0.241. The minimum Gasteiger partial charge on any atom is -0.393 e. The molecule has 2 unspecified atom stereocenters. The third-order valence-corrected chi connectivity index (χ3v) is 13.7. The Morgan fingerprint density at radius 3 is 1.57 bits per heavy atom. The summed E-state index contributed by atoms with van der Waals surface area (Å²) in [6.07, 6.45) is 35.5. The van der Waals surface area contributed by atoms with Crippen LogP contribution in [-0.2, 0) is 32.1 Å². The first-order valence-electron chi connectivity index (χ1n) is 24.6. The van der Waals surface area contributed by atoms with Gasteiger partial charge in [0.1, 0.15) is 0 Å². The quantitative estimate of drug-likeness (QED) is 0.112. The predicted octanol–water partition coefficient (Wildman–Crippen LogP) is 14.6. The molecule has 0 heterocycles. The standard InChI is InChI=1S/C19H30O.C19H30.C17H26O2/c1-2-8-19(20)18-12-7-11-17(15-18)14-13-16-9-5-3-4-6-10-16;1-2-3-9-18-12-8-13-19(16-18)15-14-17-10-6-4-5-7-11-17;1-2-16(18)13-15-7-5-6-14(12-15)8-11-17(19)9-3-4-10-17/h7,11-12,15-16,19-20H,2-6,8-10,13-14H2,1H3;8,12-13,16-17H,2-7,9-11,14-15H2,1H3;5-7,12,16,18-19H,2-4,8-11,13H2,1H3. The molecule has 0 radical (unpaired) electrons. The molecular formula is C55H86O3. The molecule has 0 saturated heterocycles. The van der Waals surface area contributed by atoms with Gasteiger partial charge in [-0.3, -0.25) is 0 Å². The van der Waals surface area contributed by atoms with Crippen molar-refractivity contribution in [2.24, 2.45) is 11.8 Å². The molecule has 0 bridgehead atoms. The summed E-state index contributed by atoms with van der Waals surface area (Å²) >= 11 is 0. The summed E-state index contributed by atoms with van der Waals surface area (Å²) in [5.74, 6) is 1.93. The largest absolute Gasteiger partial charge is 0.393 e. The van der Waals surface area contributed by atoms with Gasteiger partial charge >= 0.3 is 0 Å². The second-order valence-corrected chi connectivity index (χ2v) is 18.8. The van der Waals surface area contributed by atoms with Crippen molar-refractivity contribution in [3.05, 3.63) is 106 Å². The molecule has 3 saturated carbocycles. The first-order chi connectivity index (χ1) is 28.3. The highest BCUT2D eigenvalue weighted by Crippen LogP contribution is 2.34. The molecule has 3 aliphatic carbocycles. The summed E-state index contributed by atoms with van der Waals surface area (Å²) in [4.78, 5) is 0. The Morgan fingerprint density at radius 2 is 1.03 bits per heavy atom. The molecule has 0 aromatic heterocycles. The lowest BCUT2D eigenvalue weighted by Crippen LogP contribution is -2.24. The van der Waals surface area contributed by atoms with Crippen LogP contribution in [0.2, 0.25) is 0 Å². The first kappa shape index (κ1) is 48.2. The second-order valence-electron chi connectivity index (χ2n) is 18.8. The summed E-state index contributed by atoms with van der Waals surface area (Å²) in [6, 6.07) is 26.4. The van der Waals surface area contributed by atoms with Crippen molar-refractivity contribution in [3.63, 3.8) is 0 Å². The summed E-state index contributed by atoms with van der Waals surface area (Å²) in [5.41, 5.74) is 7.68. The van der Waals surface area contributed by atoms with E-state index in [0.717, 1.165) is 68.8 Å². The van der Waals surface area contributed by atoms with Crippen LogP contribution in [0, 0.1) is 11.8 Å². The molecule has 0 aliphatic heterocycles. The third kappa shape index (κ3) is 19.3. The minimum atomic E-state index is -0.418. The summed E-state index contributed by atoms with van der Waals surface area (Å²) < 4.78 is 0. The molecule has 58 heavy (non-hydrogen) atoms. The number of hydrogen-bond donors (Lipinski definition) is 3. The van der Waals surface area contributed by atoms with Gasteiger partial charge in [-0.25, -0.2) is 0 Å². The molecular weight excluding hydrogens is 709 g/mol. The van der Waals surface area contributed by atoms with Gasteiger partial charge in [0, 0.05) is 0 Å². The summed E-state index contributed by atoms with van der Waals surface area (Å²) in [6.45, 7) is 6.40.